The van der Waals surface area contributed by atoms with E-state index in [-0.39, 0.29) is 6.09 Å². The molecule has 0 unspecified atom stereocenters. The summed E-state index contributed by atoms with van der Waals surface area (Å²) in [5.74, 6) is 0. The minimum atomic E-state index is -0.444. The highest BCUT2D eigenvalue weighted by atomic mass is 79.9. The molecule has 1 saturated heterocycles. The van der Waals surface area contributed by atoms with Gasteiger partial charge in [-0.3, -0.25) is 0 Å². The Morgan fingerprint density at radius 1 is 1.38 bits per heavy atom. The lowest BCUT2D eigenvalue weighted by Crippen LogP contribution is -2.40. The van der Waals surface area contributed by atoms with Crippen LogP contribution in [0.4, 0.5) is 4.79 Å². The monoisotopic (exact) mass is 353 g/mol. The molecule has 1 amide bonds. The first-order valence-electron chi connectivity index (χ1n) is 6.99. The van der Waals surface area contributed by atoms with Gasteiger partial charge in [0.05, 0.1) is 5.69 Å². The number of nitrogens with zero attached hydrogens (tertiary/aromatic N) is 3. The molecule has 0 saturated carbocycles. The molecular formula is C15H20BrN3O2. The average molecular weight is 354 g/mol. The molecule has 1 aromatic rings. The third kappa shape index (κ3) is 5.12. The van der Waals surface area contributed by atoms with Crippen LogP contribution < -0.4 is 0 Å². The van der Waals surface area contributed by atoms with Crippen molar-refractivity contribution in [2.75, 3.05) is 13.1 Å². The summed E-state index contributed by atoms with van der Waals surface area (Å²) in [4.78, 5) is 22.0. The van der Waals surface area contributed by atoms with E-state index in [9.17, 15) is 4.79 Å². The zero-order valence-electron chi connectivity index (χ0n) is 12.6. The van der Waals surface area contributed by atoms with Crippen LogP contribution in [0.25, 0.3) is 6.08 Å². The molecule has 2 heterocycles. The van der Waals surface area contributed by atoms with Crippen molar-refractivity contribution in [3.8, 4) is 0 Å². The molecule has 0 aromatic carbocycles. The van der Waals surface area contributed by atoms with E-state index in [1.54, 1.807) is 11.1 Å². The highest BCUT2D eigenvalue weighted by molar-refractivity contribution is 9.10. The Morgan fingerprint density at radius 2 is 2.05 bits per heavy atom. The third-order valence-electron chi connectivity index (χ3n) is 3.06. The summed E-state index contributed by atoms with van der Waals surface area (Å²) in [6.07, 6.45) is 5.26. The molecule has 114 valence electrons. The van der Waals surface area contributed by atoms with Gasteiger partial charge in [0.25, 0.3) is 0 Å². The minimum Gasteiger partial charge on any atom is -0.444 e. The Bertz CT molecular complexity index is 542. The molecule has 2 rings (SSSR count). The molecule has 0 spiro atoms. The maximum absolute atomic E-state index is 12.0. The molecule has 0 aliphatic carbocycles. The summed E-state index contributed by atoms with van der Waals surface area (Å²) >= 11 is 3.26. The van der Waals surface area contributed by atoms with E-state index in [4.69, 9.17) is 4.74 Å². The van der Waals surface area contributed by atoms with Crippen molar-refractivity contribution < 1.29 is 9.53 Å². The smallest absolute Gasteiger partial charge is 0.410 e. The third-order valence-corrected chi connectivity index (χ3v) is 3.44. The molecule has 0 atom stereocenters. The van der Waals surface area contributed by atoms with Gasteiger partial charge in [-0.05, 0) is 61.7 Å². The predicted octanol–water partition coefficient (Wildman–Crippen LogP) is 3.65. The largest absolute Gasteiger partial charge is 0.444 e. The summed E-state index contributed by atoms with van der Waals surface area (Å²) in [6, 6.07) is 1.87. The van der Waals surface area contributed by atoms with Gasteiger partial charge in [-0.1, -0.05) is 5.57 Å². The second kappa shape index (κ2) is 6.56. The van der Waals surface area contributed by atoms with Crippen LogP contribution in [0, 0.1) is 0 Å². The number of carbonyl (C=O) groups is 1. The number of piperidine rings is 1. The summed E-state index contributed by atoms with van der Waals surface area (Å²) in [5, 5.41) is 0. The van der Waals surface area contributed by atoms with Crippen LogP contribution in [0.2, 0.25) is 0 Å². The van der Waals surface area contributed by atoms with Crippen LogP contribution in [0.15, 0.2) is 22.6 Å². The number of rotatable bonds is 1. The van der Waals surface area contributed by atoms with Gasteiger partial charge >= 0.3 is 6.09 Å². The lowest BCUT2D eigenvalue weighted by atomic mass is 10.0. The van der Waals surface area contributed by atoms with Crippen molar-refractivity contribution in [1.29, 1.82) is 0 Å². The van der Waals surface area contributed by atoms with Crippen LogP contribution in [0.1, 0.15) is 39.3 Å². The van der Waals surface area contributed by atoms with Crippen molar-refractivity contribution in [2.45, 2.75) is 39.2 Å². The van der Waals surface area contributed by atoms with Crippen LogP contribution in [-0.4, -0.2) is 39.7 Å². The highest BCUT2D eigenvalue weighted by Gasteiger charge is 2.24. The van der Waals surface area contributed by atoms with Gasteiger partial charge in [-0.25, -0.2) is 14.8 Å². The van der Waals surface area contributed by atoms with Crippen molar-refractivity contribution in [3.63, 3.8) is 0 Å². The van der Waals surface area contributed by atoms with Crippen LogP contribution >= 0.6 is 15.9 Å². The molecule has 1 aliphatic heterocycles. The maximum atomic E-state index is 12.0. The van der Waals surface area contributed by atoms with E-state index in [0.717, 1.165) is 18.5 Å². The standard InChI is InChI=1S/C15H20BrN3O2/c1-15(2,3)21-14(20)19-8-5-11(6-9-19)10-12-4-7-17-13(16)18-12/h4,7,10H,5-6,8-9H2,1-3H3. The van der Waals surface area contributed by atoms with E-state index >= 15 is 0 Å². The predicted molar refractivity (Wildman–Crippen MR) is 84.8 cm³/mol. The fourth-order valence-corrected chi connectivity index (χ4v) is 2.41. The van der Waals surface area contributed by atoms with Crippen molar-refractivity contribution in [2.24, 2.45) is 0 Å². The average Bonchev–Trinajstić information content (AvgIpc) is 2.37. The first-order valence-corrected chi connectivity index (χ1v) is 7.79. The van der Waals surface area contributed by atoms with Crippen LogP contribution in [0.3, 0.4) is 0 Å². The number of amides is 1. The first-order chi connectivity index (χ1) is 9.83. The Morgan fingerprint density at radius 3 is 2.62 bits per heavy atom. The summed E-state index contributed by atoms with van der Waals surface area (Å²) in [7, 11) is 0. The zero-order valence-corrected chi connectivity index (χ0v) is 14.2. The number of hydrogen-bond donors (Lipinski definition) is 0. The van der Waals surface area contributed by atoms with Gasteiger partial charge < -0.3 is 9.64 Å². The van der Waals surface area contributed by atoms with Gasteiger partial charge in [0.15, 0.2) is 4.73 Å². The molecule has 0 radical (unpaired) electrons. The first kappa shape index (κ1) is 15.9. The Kier molecular flexibility index (Phi) is 4.98. The lowest BCUT2D eigenvalue weighted by Gasteiger charge is -2.31. The number of likely N-dealkylation sites (tertiary alicyclic amines) is 1. The Balaban J connectivity index is 1.93. The second-order valence-electron chi connectivity index (χ2n) is 6.02. The Hall–Kier alpha value is -1.43. The number of hydrogen-bond acceptors (Lipinski definition) is 4. The molecule has 0 bridgehead atoms. The van der Waals surface area contributed by atoms with E-state index in [1.807, 2.05) is 26.8 Å². The maximum Gasteiger partial charge on any atom is 0.410 e. The minimum absolute atomic E-state index is 0.230. The quantitative estimate of drug-likeness (QED) is 0.723. The number of carbonyl (C=O) groups excluding carboxylic acids is 1. The number of halogens is 1. The molecule has 0 N–H and O–H groups in total. The van der Waals surface area contributed by atoms with Crippen molar-refractivity contribution >= 4 is 28.1 Å². The molecular weight excluding hydrogens is 334 g/mol. The fraction of sp³-hybridized carbons (Fsp3) is 0.533. The van der Waals surface area contributed by atoms with E-state index in [1.165, 1.54) is 5.57 Å². The molecule has 1 aliphatic rings. The Labute approximate surface area is 133 Å². The van der Waals surface area contributed by atoms with Gasteiger partial charge in [0, 0.05) is 19.3 Å². The number of aromatic nitrogens is 2. The van der Waals surface area contributed by atoms with E-state index in [0.29, 0.717) is 17.8 Å². The lowest BCUT2D eigenvalue weighted by molar-refractivity contribution is 0.0237. The highest BCUT2D eigenvalue weighted by Crippen LogP contribution is 2.21. The second-order valence-corrected chi connectivity index (χ2v) is 6.73. The zero-order chi connectivity index (χ0) is 15.5. The fourth-order valence-electron chi connectivity index (χ4n) is 2.08. The molecule has 5 nitrogen and oxygen atoms in total. The van der Waals surface area contributed by atoms with Gasteiger partial charge in [-0.2, -0.15) is 0 Å². The van der Waals surface area contributed by atoms with Crippen LogP contribution in [0.5, 0.6) is 0 Å². The van der Waals surface area contributed by atoms with Crippen molar-refractivity contribution in [1.82, 2.24) is 14.9 Å². The topological polar surface area (TPSA) is 55.3 Å². The summed E-state index contributed by atoms with van der Waals surface area (Å²) in [5.41, 5.74) is 1.73. The SMILES string of the molecule is CC(C)(C)OC(=O)N1CCC(=Cc2ccnc(Br)n2)CC1. The van der Waals surface area contributed by atoms with Gasteiger partial charge in [0.1, 0.15) is 5.60 Å². The molecule has 1 aromatic heterocycles. The molecule has 1 fully saturated rings. The summed E-state index contributed by atoms with van der Waals surface area (Å²) in [6.45, 7) is 7.02. The summed E-state index contributed by atoms with van der Waals surface area (Å²) < 4.78 is 5.97. The van der Waals surface area contributed by atoms with Gasteiger partial charge in [0.2, 0.25) is 0 Å². The van der Waals surface area contributed by atoms with Crippen LogP contribution in [-0.2, 0) is 4.74 Å². The van der Waals surface area contributed by atoms with Crippen molar-refractivity contribution in [3.05, 3.63) is 28.3 Å². The molecule has 6 heteroatoms. The normalized spacial score (nSPS) is 15.8. The van der Waals surface area contributed by atoms with E-state index in [2.05, 4.69) is 32.0 Å². The number of ether oxygens (including phenoxy) is 1. The molecule has 21 heavy (non-hydrogen) atoms. The van der Waals surface area contributed by atoms with E-state index < -0.39 is 5.60 Å². The van der Waals surface area contributed by atoms with Gasteiger partial charge in [-0.15, -0.1) is 0 Å².